The number of amides is 1. The van der Waals surface area contributed by atoms with Crippen LogP contribution in [-0.2, 0) is 4.79 Å². The third-order valence-corrected chi connectivity index (χ3v) is 3.78. The van der Waals surface area contributed by atoms with Gasteiger partial charge in [0, 0.05) is 18.9 Å². The molecule has 2 heterocycles. The Labute approximate surface area is 130 Å². The summed E-state index contributed by atoms with van der Waals surface area (Å²) in [6, 6.07) is -0.118. The second-order valence-corrected chi connectivity index (χ2v) is 6.09. The standard InChI is InChI=1S/C15H21ClN4O/c1-11(2)10-20-8-4-3-5-13(20)15(21)19-9-12-14(16)18-7-6-17-12/h6-7,9,11,13H,3-5,8,10H2,1-2H3/t13-/m0/s1. The lowest BCUT2D eigenvalue weighted by atomic mass is 10.00. The van der Waals surface area contributed by atoms with E-state index in [1.54, 1.807) is 0 Å². The molecule has 1 aliphatic rings. The predicted octanol–water partition coefficient (Wildman–Crippen LogP) is 2.59. The van der Waals surface area contributed by atoms with Crippen molar-refractivity contribution in [3.63, 3.8) is 0 Å². The largest absolute Gasteiger partial charge is 0.292 e. The maximum Gasteiger partial charge on any atom is 0.263 e. The Morgan fingerprint density at radius 3 is 2.95 bits per heavy atom. The van der Waals surface area contributed by atoms with E-state index in [4.69, 9.17) is 11.6 Å². The van der Waals surface area contributed by atoms with Crippen molar-refractivity contribution in [3.05, 3.63) is 23.2 Å². The summed E-state index contributed by atoms with van der Waals surface area (Å²) in [5.41, 5.74) is 0.429. The molecule has 0 unspecified atom stereocenters. The number of hydrogen-bond acceptors (Lipinski definition) is 4. The number of halogens is 1. The summed E-state index contributed by atoms with van der Waals surface area (Å²) in [5, 5.41) is 0.261. The van der Waals surface area contributed by atoms with E-state index in [0.29, 0.717) is 11.6 Å². The van der Waals surface area contributed by atoms with E-state index in [2.05, 4.69) is 33.7 Å². The zero-order valence-corrected chi connectivity index (χ0v) is 13.3. The van der Waals surface area contributed by atoms with E-state index in [1.165, 1.54) is 18.6 Å². The second-order valence-electron chi connectivity index (χ2n) is 5.73. The number of carbonyl (C=O) groups is 1. The fraction of sp³-hybridized carbons (Fsp3) is 0.600. The Kier molecular flexibility index (Phi) is 5.82. The summed E-state index contributed by atoms with van der Waals surface area (Å²) in [6.45, 7) is 6.23. The lowest BCUT2D eigenvalue weighted by Crippen LogP contribution is -2.45. The highest BCUT2D eigenvalue weighted by atomic mass is 35.5. The summed E-state index contributed by atoms with van der Waals surface area (Å²) in [6.07, 6.45) is 7.55. The molecule has 0 bridgehead atoms. The summed E-state index contributed by atoms with van der Waals surface area (Å²) in [4.78, 5) is 26.6. The lowest BCUT2D eigenvalue weighted by Gasteiger charge is -2.34. The summed E-state index contributed by atoms with van der Waals surface area (Å²) >= 11 is 5.90. The molecule has 0 saturated carbocycles. The average Bonchev–Trinajstić information content (AvgIpc) is 2.46. The summed E-state index contributed by atoms with van der Waals surface area (Å²) < 4.78 is 0. The maximum atomic E-state index is 12.3. The van der Waals surface area contributed by atoms with Gasteiger partial charge in [0.15, 0.2) is 5.15 Å². The van der Waals surface area contributed by atoms with Gasteiger partial charge in [0.1, 0.15) is 5.69 Å². The van der Waals surface area contributed by atoms with Crippen LogP contribution in [0.2, 0.25) is 5.15 Å². The minimum Gasteiger partial charge on any atom is -0.292 e. The lowest BCUT2D eigenvalue weighted by molar-refractivity contribution is -0.124. The second kappa shape index (κ2) is 7.61. The topological polar surface area (TPSA) is 58.5 Å². The molecule has 1 aromatic rings. The van der Waals surface area contributed by atoms with Crippen molar-refractivity contribution >= 4 is 23.7 Å². The predicted molar refractivity (Wildman–Crippen MR) is 83.7 cm³/mol. The third kappa shape index (κ3) is 4.58. The summed E-state index contributed by atoms with van der Waals surface area (Å²) in [7, 11) is 0. The Morgan fingerprint density at radius 1 is 1.48 bits per heavy atom. The fourth-order valence-corrected chi connectivity index (χ4v) is 2.74. The van der Waals surface area contributed by atoms with Gasteiger partial charge in [0.2, 0.25) is 0 Å². The molecular weight excluding hydrogens is 288 g/mol. The number of likely N-dealkylation sites (tertiary alicyclic amines) is 1. The normalized spacial score (nSPS) is 20.3. The van der Waals surface area contributed by atoms with Gasteiger partial charge in [-0.1, -0.05) is 31.9 Å². The third-order valence-electron chi connectivity index (χ3n) is 3.49. The maximum absolute atomic E-state index is 12.3. The molecule has 0 aliphatic carbocycles. The van der Waals surface area contributed by atoms with E-state index in [0.717, 1.165) is 32.4 Å². The molecule has 1 aliphatic heterocycles. The van der Waals surface area contributed by atoms with Crippen LogP contribution < -0.4 is 0 Å². The number of aliphatic imine (C=N–C) groups is 1. The van der Waals surface area contributed by atoms with Crippen LogP contribution in [0.4, 0.5) is 0 Å². The minimum absolute atomic E-state index is 0.114. The number of carbonyl (C=O) groups excluding carboxylic acids is 1. The number of nitrogens with zero attached hydrogens (tertiary/aromatic N) is 4. The van der Waals surface area contributed by atoms with Crippen LogP contribution in [-0.4, -0.2) is 46.1 Å². The van der Waals surface area contributed by atoms with Gasteiger partial charge in [-0.15, -0.1) is 0 Å². The van der Waals surface area contributed by atoms with Crippen molar-refractivity contribution in [3.8, 4) is 0 Å². The molecule has 1 amide bonds. The first kappa shape index (κ1) is 16.0. The van der Waals surface area contributed by atoms with Gasteiger partial charge in [0.25, 0.3) is 5.91 Å². The highest BCUT2D eigenvalue weighted by Gasteiger charge is 2.28. The quantitative estimate of drug-likeness (QED) is 0.802. The Morgan fingerprint density at radius 2 is 2.24 bits per heavy atom. The molecule has 6 heteroatoms. The first-order valence-electron chi connectivity index (χ1n) is 7.36. The van der Waals surface area contributed by atoms with Gasteiger partial charge in [0.05, 0.1) is 12.3 Å². The Hall–Kier alpha value is -1.33. The monoisotopic (exact) mass is 308 g/mol. The Balaban J connectivity index is 2.05. The van der Waals surface area contributed by atoms with E-state index in [-0.39, 0.29) is 17.1 Å². The molecule has 1 aromatic heterocycles. The van der Waals surface area contributed by atoms with Gasteiger partial charge >= 0.3 is 0 Å². The first-order chi connectivity index (χ1) is 10.1. The van der Waals surface area contributed by atoms with Gasteiger partial charge in [-0.05, 0) is 25.3 Å². The highest BCUT2D eigenvalue weighted by Crippen LogP contribution is 2.19. The average molecular weight is 309 g/mol. The number of piperidine rings is 1. The van der Waals surface area contributed by atoms with Crippen molar-refractivity contribution in [2.24, 2.45) is 10.9 Å². The Bertz CT molecular complexity index is 518. The van der Waals surface area contributed by atoms with Crippen molar-refractivity contribution < 1.29 is 4.79 Å². The molecule has 0 spiro atoms. The first-order valence-corrected chi connectivity index (χ1v) is 7.74. The van der Waals surface area contributed by atoms with Gasteiger partial charge in [-0.25, -0.2) is 9.98 Å². The molecule has 0 aromatic carbocycles. The van der Waals surface area contributed by atoms with E-state index >= 15 is 0 Å². The van der Waals surface area contributed by atoms with E-state index in [1.807, 2.05) is 0 Å². The molecule has 1 atom stereocenters. The molecule has 21 heavy (non-hydrogen) atoms. The van der Waals surface area contributed by atoms with Crippen LogP contribution in [0, 0.1) is 5.92 Å². The van der Waals surface area contributed by atoms with Crippen LogP contribution in [0.5, 0.6) is 0 Å². The molecule has 114 valence electrons. The summed E-state index contributed by atoms with van der Waals surface area (Å²) in [5.74, 6) is 0.425. The van der Waals surface area contributed by atoms with E-state index < -0.39 is 0 Å². The number of rotatable bonds is 4. The van der Waals surface area contributed by atoms with Gasteiger partial charge in [-0.2, -0.15) is 0 Å². The van der Waals surface area contributed by atoms with Crippen molar-refractivity contribution in [2.45, 2.75) is 39.2 Å². The van der Waals surface area contributed by atoms with Crippen molar-refractivity contribution in [2.75, 3.05) is 13.1 Å². The number of aromatic nitrogens is 2. The molecule has 1 fully saturated rings. The smallest absolute Gasteiger partial charge is 0.263 e. The highest BCUT2D eigenvalue weighted by molar-refractivity contribution is 6.31. The van der Waals surface area contributed by atoms with Crippen LogP contribution in [0.15, 0.2) is 17.4 Å². The van der Waals surface area contributed by atoms with Crippen LogP contribution in [0.1, 0.15) is 38.8 Å². The molecule has 0 N–H and O–H groups in total. The van der Waals surface area contributed by atoms with Gasteiger partial charge in [-0.3, -0.25) is 14.7 Å². The van der Waals surface area contributed by atoms with Crippen LogP contribution in [0.3, 0.4) is 0 Å². The number of hydrogen-bond donors (Lipinski definition) is 0. The molecule has 5 nitrogen and oxygen atoms in total. The molecule has 0 radical (unpaired) electrons. The fourth-order valence-electron chi connectivity index (χ4n) is 2.59. The zero-order chi connectivity index (χ0) is 15.2. The van der Waals surface area contributed by atoms with Gasteiger partial charge < -0.3 is 0 Å². The minimum atomic E-state index is -0.118. The van der Waals surface area contributed by atoms with E-state index in [9.17, 15) is 4.79 Å². The molecular formula is C15H21ClN4O. The SMILES string of the molecule is CC(C)CN1CCCC[C@H]1C(=O)N=Cc1nccnc1Cl. The van der Waals surface area contributed by atoms with Crippen molar-refractivity contribution in [1.82, 2.24) is 14.9 Å². The van der Waals surface area contributed by atoms with Crippen molar-refractivity contribution in [1.29, 1.82) is 0 Å². The molecule has 1 saturated heterocycles. The molecule has 2 rings (SSSR count). The zero-order valence-electron chi connectivity index (χ0n) is 12.5. The van der Waals surface area contributed by atoms with Crippen LogP contribution in [0.25, 0.3) is 0 Å². The van der Waals surface area contributed by atoms with Crippen LogP contribution >= 0.6 is 11.6 Å².